The fraction of sp³-hybridized carbons (Fsp3) is 0.316. The molecule has 6 heteroatoms. The molecule has 2 aliphatic heterocycles. The number of hydrogen-bond acceptors (Lipinski definition) is 5. The second kappa shape index (κ2) is 6.84. The molecule has 2 aliphatic rings. The van der Waals surface area contributed by atoms with Gasteiger partial charge in [0.15, 0.2) is 5.84 Å². The van der Waals surface area contributed by atoms with E-state index in [-0.39, 0.29) is 6.04 Å². The lowest BCUT2D eigenvalue weighted by Crippen LogP contribution is -2.35. The van der Waals surface area contributed by atoms with Crippen LogP contribution in [0, 0.1) is 0 Å². The second-order valence-electron chi connectivity index (χ2n) is 6.22. The molecule has 1 unspecified atom stereocenters. The molecule has 0 aliphatic carbocycles. The molecule has 2 aromatic rings. The maximum atomic E-state index is 6.22. The maximum Gasteiger partial charge on any atom is 0.155 e. The van der Waals surface area contributed by atoms with Crippen LogP contribution in [0.15, 0.2) is 52.6 Å². The minimum Gasteiger partial charge on any atom is -0.305 e. The summed E-state index contributed by atoms with van der Waals surface area (Å²) in [7, 11) is 0. The highest BCUT2D eigenvalue weighted by molar-refractivity contribution is 6.30. The number of fused-ring (bicyclic) bond motifs is 3. The van der Waals surface area contributed by atoms with Crippen molar-refractivity contribution in [1.82, 2.24) is 10.4 Å². The van der Waals surface area contributed by atoms with Crippen molar-refractivity contribution in [1.29, 1.82) is 0 Å². The predicted molar refractivity (Wildman–Crippen MR) is 103 cm³/mol. The smallest absolute Gasteiger partial charge is 0.155 e. The van der Waals surface area contributed by atoms with Crippen molar-refractivity contribution in [2.45, 2.75) is 32.2 Å². The molecule has 3 heterocycles. The van der Waals surface area contributed by atoms with Gasteiger partial charge in [-0.1, -0.05) is 61.7 Å². The standard InChI is InChI=1S/C19H20ClN5/c1-2-3-9-14-19-24-21-12-25(19)15-10-11-16(20)23-18(15)17(22-14)13-7-5-4-6-8-13/h4-8,10-11,14,21H,2-3,9,12H2,1H3. The van der Waals surface area contributed by atoms with Crippen molar-refractivity contribution in [3.05, 3.63) is 58.9 Å². The van der Waals surface area contributed by atoms with E-state index in [1.54, 1.807) is 0 Å². The third kappa shape index (κ3) is 3.00. The topological polar surface area (TPSA) is 52.9 Å². The Morgan fingerprint density at radius 3 is 2.84 bits per heavy atom. The van der Waals surface area contributed by atoms with Gasteiger partial charge in [-0.2, -0.15) is 5.10 Å². The molecule has 0 saturated heterocycles. The molecule has 1 aromatic heterocycles. The molecule has 1 atom stereocenters. The summed E-state index contributed by atoms with van der Waals surface area (Å²) in [4.78, 5) is 11.9. The normalized spacial score (nSPS) is 18.6. The van der Waals surface area contributed by atoms with Crippen LogP contribution in [0.4, 0.5) is 5.69 Å². The van der Waals surface area contributed by atoms with E-state index < -0.39 is 0 Å². The number of benzene rings is 1. The van der Waals surface area contributed by atoms with Crippen LogP contribution < -0.4 is 10.3 Å². The quantitative estimate of drug-likeness (QED) is 0.850. The molecule has 1 N–H and O–H groups in total. The second-order valence-corrected chi connectivity index (χ2v) is 6.60. The summed E-state index contributed by atoms with van der Waals surface area (Å²) in [6, 6.07) is 14.0. The predicted octanol–water partition coefficient (Wildman–Crippen LogP) is 3.83. The van der Waals surface area contributed by atoms with Gasteiger partial charge in [-0.15, -0.1) is 0 Å². The summed E-state index contributed by atoms with van der Waals surface area (Å²) in [5.41, 5.74) is 6.84. The summed E-state index contributed by atoms with van der Waals surface area (Å²) in [6.07, 6.45) is 3.20. The summed E-state index contributed by atoms with van der Waals surface area (Å²) in [5.74, 6) is 0.963. The molecule has 0 radical (unpaired) electrons. The Kier molecular flexibility index (Phi) is 4.40. The molecule has 0 bridgehead atoms. The van der Waals surface area contributed by atoms with Crippen molar-refractivity contribution in [3.8, 4) is 0 Å². The van der Waals surface area contributed by atoms with E-state index in [0.29, 0.717) is 11.8 Å². The number of amidine groups is 1. The largest absolute Gasteiger partial charge is 0.305 e. The third-order valence-electron chi connectivity index (χ3n) is 4.52. The van der Waals surface area contributed by atoms with Crippen molar-refractivity contribution in [2.75, 3.05) is 11.6 Å². The summed E-state index contributed by atoms with van der Waals surface area (Å²) >= 11 is 6.22. The fourth-order valence-corrected chi connectivity index (χ4v) is 3.43. The zero-order valence-corrected chi connectivity index (χ0v) is 14.9. The fourth-order valence-electron chi connectivity index (χ4n) is 3.28. The molecule has 4 rings (SSSR count). The van der Waals surface area contributed by atoms with Crippen LogP contribution in [0.25, 0.3) is 0 Å². The van der Waals surface area contributed by atoms with E-state index in [1.807, 2.05) is 30.3 Å². The van der Waals surface area contributed by atoms with Crippen LogP contribution in [-0.2, 0) is 0 Å². The molecule has 5 nitrogen and oxygen atoms in total. The lowest BCUT2D eigenvalue weighted by Gasteiger charge is -2.21. The van der Waals surface area contributed by atoms with E-state index in [4.69, 9.17) is 16.6 Å². The zero-order valence-electron chi connectivity index (χ0n) is 14.1. The molecule has 25 heavy (non-hydrogen) atoms. The Labute approximate surface area is 152 Å². The van der Waals surface area contributed by atoms with Gasteiger partial charge in [0, 0.05) is 5.56 Å². The maximum absolute atomic E-state index is 6.22. The van der Waals surface area contributed by atoms with Gasteiger partial charge in [0.2, 0.25) is 0 Å². The van der Waals surface area contributed by atoms with Gasteiger partial charge >= 0.3 is 0 Å². The van der Waals surface area contributed by atoms with Gasteiger partial charge in [-0.05, 0) is 18.6 Å². The number of nitrogens with one attached hydrogen (secondary N) is 1. The van der Waals surface area contributed by atoms with Crippen LogP contribution in [0.5, 0.6) is 0 Å². The number of aromatic nitrogens is 1. The first-order chi connectivity index (χ1) is 12.3. The Balaban J connectivity index is 1.90. The van der Waals surface area contributed by atoms with E-state index in [1.165, 1.54) is 0 Å². The van der Waals surface area contributed by atoms with Gasteiger partial charge in [0.05, 0.1) is 11.4 Å². The lowest BCUT2D eigenvalue weighted by atomic mass is 10.0. The Hall–Kier alpha value is -2.40. The minimum absolute atomic E-state index is 0.0122. The van der Waals surface area contributed by atoms with Crippen molar-refractivity contribution in [3.63, 3.8) is 0 Å². The van der Waals surface area contributed by atoms with E-state index in [9.17, 15) is 0 Å². The number of hydrogen-bond donors (Lipinski definition) is 1. The molecular weight excluding hydrogens is 334 g/mol. The van der Waals surface area contributed by atoms with Crippen LogP contribution in [0.1, 0.15) is 37.4 Å². The molecular formula is C19H20ClN5. The number of halogens is 1. The van der Waals surface area contributed by atoms with E-state index >= 15 is 0 Å². The van der Waals surface area contributed by atoms with Crippen LogP contribution in [0.2, 0.25) is 5.15 Å². The number of rotatable bonds is 4. The average Bonchev–Trinajstić information content (AvgIpc) is 3.08. The van der Waals surface area contributed by atoms with Gasteiger partial charge in [-0.25, -0.2) is 4.98 Å². The lowest BCUT2D eigenvalue weighted by molar-refractivity contribution is 0.674. The van der Waals surface area contributed by atoms with E-state index in [0.717, 1.165) is 47.8 Å². The first-order valence-corrected chi connectivity index (χ1v) is 9.04. The Morgan fingerprint density at radius 2 is 2.04 bits per heavy atom. The average molecular weight is 354 g/mol. The number of hydrazone groups is 1. The van der Waals surface area contributed by atoms with Crippen molar-refractivity contribution >= 4 is 28.8 Å². The number of pyridine rings is 1. The molecule has 1 aromatic carbocycles. The number of anilines is 1. The summed E-state index contributed by atoms with van der Waals surface area (Å²) < 4.78 is 0. The van der Waals surface area contributed by atoms with Gasteiger partial charge < -0.3 is 4.90 Å². The first kappa shape index (κ1) is 16.1. The van der Waals surface area contributed by atoms with Crippen LogP contribution in [0.3, 0.4) is 0 Å². The third-order valence-corrected chi connectivity index (χ3v) is 4.73. The van der Waals surface area contributed by atoms with Crippen molar-refractivity contribution in [2.24, 2.45) is 10.1 Å². The summed E-state index contributed by atoms with van der Waals surface area (Å²) in [6.45, 7) is 2.83. The minimum atomic E-state index is 0.0122. The first-order valence-electron chi connectivity index (χ1n) is 8.66. The van der Waals surface area contributed by atoms with E-state index in [2.05, 4.69) is 39.5 Å². The summed E-state index contributed by atoms with van der Waals surface area (Å²) in [5, 5.41) is 5.00. The number of aliphatic imine (C=N–C) groups is 1. The molecule has 0 saturated carbocycles. The molecule has 0 fully saturated rings. The van der Waals surface area contributed by atoms with Gasteiger partial charge in [0.1, 0.15) is 23.6 Å². The molecule has 128 valence electrons. The number of nitrogens with zero attached hydrogens (tertiary/aromatic N) is 4. The highest BCUT2D eigenvalue weighted by Crippen LogP contribution is 2.31. The Bertz CT molecular complexity index is 831. The molecule has 0 spiro atoms. The zero-order chi connectivity index (χ0) is 17.2. The Morgan fingerprint density at radius 1 is 1.20 bits per heavy atom. The number of unbranched alkanes of at least 4 members (excludes halogenated alkanes) is 1. The van der Waals surface area contributed by atoms with Gasteiger partial charge in [-0.3, -0.25) is 10.4 Å². The monoisotopic (exact) mass is 353 g/mol. The van der Waals surface area contributed by atoms with Crippen LogP contribution in [-0.4, -0.2) is 29.2 Å². The van der Waals surface area contributed by atoms with Gasteiger partial charge in [0.25, 0.3) is 0 Å². The van der Waals surface area contributed by atoms with Crippen molar-refractivity contribution < 1.29 is 0 Å². The highest BCUT2D eigenvalue weighted by atomic mass is 35.5. The SMILES string of the molecule is CCCCC1N=C(c2ccccc2)c2nc(Cl)ccc2N2CNN=C12. The van der Waals surface area contributed by atoms with Crippen LogP contribution >= 0.6 is 11.6 Å². The molecule has 0 amide bonds. The highest BCUT2D eigenvalue weighted by Gasteiger charge is 2.33.